The number of nitrogens with one attached hydrogen (secondary N) is 1. The first-order chi connectivity index (χ1) is 10.7. The molecule has 4 aliphatic carbocycles. The zero-order chi connectivity index (χ0) is 15.0. The van der Waals surface area contributed by atoms with Gasteiger partial charge in [-0.05, 0) is 73.8 Å². The molecule has 0 atom stereocenters. The first-order valence-electron chi connectivity index (χ1n) is 8.41. The Hall–Kier alpha value is -1.22. The molecule has 4 saturated carbocycles. The van der Waals surface area contributed by atoms with Crippen LogP contribution < -0.4 is 5.32 Å². The van der Waals surface area contributed by atoms with Gasteiger partial charge in [-0.3, -0.25) is 4.79 Å². The minimum Gasteiger partial charge on any atom is -0.347 e. The number of hydrogen-bond acceptors (Lipinski definition) is 2. The summed E-state index contributed by atoms with van der Waals surface area (Å²) >= 11 is 1.60. The zero-order valence-corrected chi connectivity index (χ0v) is 13.6. The highest BCUT2D eigenvalue weighted by atomic mass is 32.2. The van der Waals surface area contributed by atoms with Gasteiger partial charge in [0.25, 0.3) is 0 Å². The Morgan fingerprint density at radius 1 is 1.05 bits per heavy atom. The van der Waals surface area contributed by atoms with Crippen molar-refractivity contribution in [1.82, 2.24) is 5.32 Å². The molecule has 5 rings (SSSR count). The summed E-state index contributed by atoms with van der Waals surface area (Å²) < 4.78 is 0. The normalized spacial score (nSPS) is 35.9. The van der Waals surface area contributed by atoms with Gasteiger partial charge >= 0.3 is 0 Å². The average Bonchev–Trinajstić information content (AvgIpc) is 2.46. The lowest BCUT2D eigenvalue weighted by Crippen LogP contribution is -2.59. The molecule has 2 nitrogen and oxygen atoms in total. The van der Waals surface area contributed by atoms with E-state index in [2.05, 4.69) is 17.4 Å². The molecule has 0 spiro atoms. The van der Waals surface area contributed by atoms with Crippen molar-refractivity contribution in [3.63, 3.8) is 0 Å². The molecule has 4 aliphatic rings. The smallest absolute Gasteiger partial charge is 0.244 e. The van der Waals surface area contributed by atoms with Crippen LogP contribution in [0, 0.1) is 17.8 Å². The van der Waals surface area contributed by atoms with Crippen molar-refractivity contribution in [3.05, 3.63) is 41.8 Å². The van der Waals surface area contributed by atoms with Gasteiger partial charge in [-0.1, -0.05) is 30.0 Å². The van der Waals surface area contributed by atoms with E-state index in [1.165, 1.54) is 43.4 Å². The van der Waals surface area contributed by atoms with E-state index in [1.807, 2.05) is 23.6 Å². The molecule has 4 bridgehead atoms. The van der Waals surface area contributed by atoms with Gasteiger partial charge in [-0.2, -0.15) is 0 Å². The van der Waals surface area contributed by atoms with Crippen LogP contribution in [0.1, 0.15) is 38.5 Å². The minimum absolute atomic E-state index is 0.0883. The second-order valence-electron chi connectivity index (χ2n) is 7.42. The molecule has 0 radical (unpaired) electrons. The second kappa shape index (κ2) is 5.77. The number of thioether (sulfide) groups is 1. The number of rotatable bonds is 4. The van der Waals surface area contributed by atoms with E-state index in [0.29, 0.717) is 0 Å². The van der Waals surface area contributed by atoms with Crippen molar-refractivity contribution >= 4 is 17.7 Å². The van der Waals surface area contributed by atoms with Gasteiger partial charge in [-0.15, -0.1) is 0 Å². The third-order valence-corrected chi connectivity index (χ3v) is 6.41. The maximum atomic E-state index is 12.3. The Bertz CT molecular complexity index is 545. The SMILES string of the molecule is O=C(/C=C/Sc1ccccc1)NC12CC3CC(CC(C3)C1)C2. The molecule has 3 heteroatoms. The predicted octanol–water partition coefficient (Wildman–Crippen LogP) is 4.38. The third-order valence-electron chi connectivity index (χ3n) is 5.59. The maximum Gasteiger partial charge on any atom is 0.244 e. The van der Waals surface area contributed by atoms with E-state index in [9.17, 15) is 4.79 Å². The van der Waals surface area contributed by atoms with Crippen LogP contribution in [0.3, 0.4) is 0 Å². The summed E-state index contributed by atoms with van der Waals surface area (Å²) in [6, 6.07) is 10.2. The highest BCUT2D eigenvalue weighted by molar-refractivity contribution is 8.02. The maximum absolute atomic E-state index is 12.3. The standard InChI is InChI=1S/C19H23NOS/c21-18(6-7-22-17-4-2-1-3-5-17)20-19-11-14-8-15(12-19)10-16(9-14)13-19/h1-7,14-16H,8-13H2,(H,20,21)/b7-6+. The summed E-state index contributed by atoms with van der Waals surface area (Å²) in [6.45, 7) is 0. The molecule has 0 unspecified atom stereocenters. The summed E-state index contributed by atoms with van der Waals surface area (Å²) in [5.74, 6) is 2.70. The van der Waals surface area contributed by atoms with E-state index in [4.69, 9.17) is 0 Å². The predicted molar refractivity (Wildman–Crippen MR) is 90.5 cm³/mol. The molecule has 0 heterocycles. The fourth-order valence-electron chi connectivity index (χ4n) is 5.24. The van der Waals surface area contributed by atoms with Gasteiger partial charge in [0.15, 0.2) is 0 Å². The monoisotopic (exact) mass is 313 g/mol. The lowest BCUT2D eigenvalue weighted by Gasteiger charge is -2.56. The van der Waals surface area contributed by atoms with Crippen molar-refractivity contribution in [2.75, 3.05) is 0 Å². The van der Waals surface area contributed by atoms with Crippen molar-refractivity contribution in [1.29, 1.82) is 0 Å². The summed E-state index contributed by atoms with van der Waals surface area (Å²) in [5.41, 5.74) is 0.119. The summed E-state index contributed by atoms with van der Waals surface area (Å²) in [7, 11) is 0. The molecule has 0 saturated heterocycles. The van der Waals surface area contributed by atoms with Crippen LogP contribution in [0.5, 0.6) is 0 Å². The van der Waals surface area contributed by atoms with E-state index >= 15 is 0 Å². The van der Waals surface area contributed by atoms with Crippen molar-refractivity contribution in [2.24, 2.45) is 17.8 Å². The molecular formula is C19H23NOS. The Labute approximate surface area is 136 Å². The van der Waals surface area contributed by atoms with Gasteiger partial charge in [0, 0.05) is 16.5 Å². The number of carbonyl (C=O) groups is 1. The lowest BCUT2D eigenvalue weighted by molar-refractivity contribution is -0.122. The van der Waals surface area contributed by atoms with E-state index in [-0.39, 0.29) is 11.4 Å². The molecular weight excluding hydrogens is 290 g/mol. The molecule has 0 aromatic heterocycles. The van der Waals surface area contributed by atoms with Crippen LogP contribution in [-0.2, 0) is 4.79 Å². The van der Waals surface area contributed by atoms with Gasteiger partial charge in [0.1, 0.15) is 0 Å². The largest absolute Gasteiger partial charge is 0.347 e. The van der Waals surface area contributed by atoms with Gasteiger partial charge in [0.05, 0.1) is 0 Å². The fourth-order valence-corrected chi connectivity index (χ4v) is 5.90. The van der Waals surface area contributed by atoms with Gasteiger partial charge in [0.2, 0.25) is 5.91 Å². The molecule has 1 N–H and O–H groups in total. The Kier molecular flexibility index (Phi) is 3.77. The van der Waals surface area contributed by atoms with E-state index in [1.54, 1.807) is 17.8 Å². The topological polar surface area (TPSA) is 29.1 Å². The Morgan fingerprint density at radius 2 is 1.64 bits per heavy atom. The van der Waals surface area contributed by atoms with Crippen LogP contribution in [0.4, 0.5) is 0 Å². The van der Waals surface area contributed by atoms with Crippen molar-refractivity contribution < 1.29 is 4.79 Å². The highest BCUT2D eigenvalue weighted by Gasteiger charge is 2.51. The molecule has 116 valence electrons. The van der Waals surface area contributed by atoms with Crippen LogP contribution in [0.25, 0.3) is 0 Å². The molecule has 1 aromatic rings. The molecule has 1 amide bonds. The summed E-state index contributed by atoms with van der Waals surface area (Å²) in [4.78, 5) is 13.5. The molecule has 4 fully saturated rings. The quantitative estimate of drug-likeness (QED) is 0.660. The van der Waals surface area contributed by atoms with Crippen LogP contribution >= 0.6 is 11.8 Å². The first kappa shape index (κ1) is 14.4. The van der Waals surface area contributed by atoms with Gasteiger partial charge < -0.3 is 5.32 Å². The summed E-state index contributed by atoms with van der Waals surface area (Å²) in [6.07, 6.45) is 9.58. The van der Waals surface area contributed by atoms with Gasteiger partial charge in [-0.25, -0.2) is 0 Å². The van der Waals surface area contributed by atoms with E-state index in [0.717, 1.165) is 17.8 Å². The fraction of sp³-hybridized carbons (Fsp3) is 0.526. The van der Waals surface area contributed by atoms with Crippen LogP contribution in [0.15, 0.2) is 46.7 Å². The first-order valence-corrected chi connectivity index (χ1v) is 9.29. The Morgan fingerprint density at radius 3 is 2.23 bits per heavy atom. The zero-order valence-electron chi connectivity index (χ0n) is 12.8. The Balaban J connectivity index is 1.36. The minimum atomic E-state index is 0.0883. The van der Waals surface area contributed by atoms with Crippen molar-refractivity contribution in [3.8, 4) is 0 Å². The van der Waals surface area contributed by atoms with Crippen LogP contribution in [-0.4, -0.2) is 11.4 Å². The lowest BCUT2D eigenvalue weighted by atomic mass is 9.53. The average molecular weight is 313 g/mol. The third kappa shape index (κ3) is 2.96. The number of benzene rings is 1. The van der Waals surface area contributed by atoms with Crippen molar-refractivity contribution in [2.45, 2.75) is 49.0 Å². The second-order valence-corrected chi connectivity index (χ2v) is 8.40. The number of amides is 1. The molecule has 0 aliphatic heterocycles. The molecule has 1 aromatic carbocycles. The highest BCUT2D eigenvalue weighted by Crippen LogP contribution is 2.55. The van der Waals surface area contributed by atoms with E-state index < -0.39 is 0 Å². The summed E-state index contributed by atoms with van der Waals surface area (Å²) in [5, 5.41) is 5.28. The van der Waals surface area contributed by atoms with Crippen LogP contribution in [0.2, 0.25) is 0 Å². The molecule has 22 heavy (non-hydrogen) atoms. The number of carbonyl (C=O) groups excluding carboxylic acids is 1. The number of hydrogen-bond donors (Lipinski definition) is 1.